The van der Waals surface area contributed by atoms with Gasteiger partial charge in [-0.05, 0) is 17.7 Å². The molecule has 0 aliphatic carbocycles. The number of aromatic carboxylic acids is 1. The molecule has 3 N–H and O–H groups in total. The Kier molecular flexibility index (Phi) is 4.04. The minimum atomic E-state index is -1.68. The molecule has 0 radical (unpaired) electrons. The van der Waals surface area contributed by atoms with Crippen molar-refractivity contribution < 1.29 is 24.9 Å². The molecule has 0 bridgehead atoms. The lowest BCUT2D eigenvalue weighted by Crippen LogP contribution is -2.18. The van der Waals surface area contributed by atoms with Crippen LogP contribution in [-0.2, 0) is 0 Å². The standard InChI is InChI=1S/C11H11NO5/c1-17-6-2-3-7(8(4-6)11(15)16)10(14)9(13)5-12/h2-4,9-10,13-14H,1H3,(H,15,16). The quantitative estimate of drug-likeness (QED) is 0.650. The fourth-order valence-electron chi connectivity index (χ4n) is 1.35. The number of ether oxygens (including phenoxy) is 1. The molecule has 0 fully saturated rings. The number of aliphatic hydroxyl groups is 2. The second kappa shape index (κ2) is 5.30. The first-order valence-corrected chi connectivity index (χ1v) is 4.68. The van der Waals surface area contributed by atoms with Crippen molar-refractivity contribution in [1.29, 1.82) is 5.26 Å². The van der Waals surface area contributed by atoms with Crippen molar-refractivity contribution in [2.24, 2.45) is 0 Å². The first-order chi connectivity index (χ1) is 8.01. The van der Waals surface area contributed by atoms with Crippen molar-refractivity contribution in [2.45, 2.75) is 12.2 Å². The van der Waals surface area contributed by atoms with Crippen molar-refractivity contribution in [3.63, 3.8) is 0 Å². The van der Waals surface area contributed by atoms with Gasteiger partial charge in [0, 0.05) is 0 Å². The van der Waals surface area contributed by atoms with Crippen molar-refractivity contribution in [1.82, 2.24) is 0 Å². The Morgan fingerprint density at radius 3 is 2.59 bits per heavy atom. The Bertz CT molecular complexity index is 465. The molecule has 90 valence electrons. The summed E-state index contributed by atoms with van der Waals surface area (Å²) < 4.78 is 4.85. The number of nitrogens with zero attached hydrogens (tertiary/aromatic N) is 1. The van der Waals surface area contributed by atoms with Crippen LogP contribution in [0.5, 0.6) is 5.75 Å². The van der Waals surface area contributed by atoms with Crippen LogP contribution in [0.3, 0.4) is 0 Å². The highest BCUT2D eigenvalue weighted by Gasteiger charge is 2.23. The maximum Gasteiger partial charge on any atom is 0.336 e. The van der Waals surface area contributed by atoms with E-state index in [9.17, 15) is 15.0 Å². The Morgan fingerprint density at radius 2 is 2.12 bits per heavy atom. The molecule has 0 spiro atoms. The Labute approximate surface area is 97.3 Å². The highest BCUT2D eigenvalue weighted by molar-refractivity contribution is 5.90. The number of carbonyl (C=O) groups is 1. The number of hydrogen-bond acceptors (Lipinski definition) is 5. The summed E-state index contributed by atoms with van der Waals surface area (Å²) in [5, 5.41) is 36.2. The SMILES string of the molecule is COc1ccc(C(O)C(O)C#N)c(C(=O)O)c1. The first kappa shape index (κ1) is 13.0. The summed E-state index contributed by atoms with van der Waals surface area (Å²) in [4.78, 5) is 11.0. The van der Waals surface area contributed by atoms with Gasteiger partial charge in [0.2, 0.25) is 0 Å². The maximum atomic E-state index is 11.0. The summed E-state index contributed by atoms with van der Waals surface area (Å²) in [6.45, 7) is 0. The molecule has 0 aliphatic heterocycles. The van der Waals surface area contributed by atoms with E-state index in [0.717, 1.165) is 0 Å². The van der Waals surface area contributed by atoms with Crippen molar-refractivity contribution in [2.75, 3.05) is 7.11 Å². The summed E-state index contributed by atoms with van der Waals surface area (Å²) >= 11 is 0. The van der Waals surface area contributed by atoms with Crippen LogP contribution in [0.2, 0.25) is 0 Å². The summed E-state index contributed by atoms with van der Waals surface area (Å²) in [7, 11) is 1.38. The molecule has 0 heterocycles. The lowest BCUT2D eigenvalue weighted by atomic mass is 9.99. The molecule has 6 nitrogen and oxygen atoms in total. The smallest absolute Gasteiger partial charge is 0.336 e. The molecule has 1 aromatic rings. The minimum Gasteiger partial charge on any atom is -0.497 e. The van der Waals surface area contributed by atoms with E-state index in [-0.39, 0.29) is 11.1 Å². The monoisotopic (exact) mass is 237 g/mol. The predicted molar refractivity (Wildman–Crippen MR) is 56.5 cm³/mol. The third-order valence-corrected chi connectivity index (χ3v) is 2.24. The van der Waals surface area contributed by atoms with Gasteiger partial charge in [0.1, 0.15) is 11.9 Å². The molecule has 2 atom stereocenters. The second-order valence-corrected chi connectivity index (χ2v) is 3.28. The van der Waals surface area contributed by atoms with Crippen LogP contribution in [0.4, 0.5) is 0 Å². The number of carboxylic acid groups (broad SMARTS) is 1. The molecule has 1 aromatic carbocycles. The zero-order valence-electron chi connectivity index (χ0n) is 8.99. The number of rotatable bonds is 4. The molecule has 0 amide bonds. The number of aliphatic hydroxyl groups excluding tert-OH is 2. The zero-order valence-corrected chi connectivity index (χ0v) is 8.99. The molecule has 0 aromatic heterocycles. The first-order valence-electron chi connectivity index (χ1n) is 4.68. The largest absolute Gasteiger partial charge is 0.497 e. The van der Waals surface area contributed by atoms with E-state index in [1.165, 1.54) is 31.4 Å². The van der Waals surface area contributed by atoms with Gasteiger partial charge in [0.05, 0.1) is 18.7 Å². The van der Waals surface area contributed by atoms with Gasteiger partial charge in [0.25, 0.3) is 0 Å². The highest BCUT2D eigenvalue weighted by Crippen LogP contribution is 2.25. The van der Waals surface area contributed by atoms with Crippen molar-refractivity contribution in [3.05, 3.63) is 29.3 Å². The number of hydrogen-bond donors (Lipinski definition) is 3. The molecular weight excluding hydrogens is 226 g/mol. The highest BCUT2D eigenvalue weighted by atomic mass is 16.5. The van der Waals surface area contributed by atoms with Crippen molar-refractivity contribution >= 4 is 5.97 Å². The minimum absolute atomic E-state index is 0.0349. The molecule has 0 saturated heterocycles. The molecule has 2 unspecified atom stereocenters. The maximum absolute atomic E-state index is 11.0. The van der Waals surface area contributed by atoms with E-state index < -0.39 is 18.2 Å². The third kappa shape index (κ3) is 2.72. The topological polar surface area (TPSA) is 111 Å². The van der Waals surface area contributed by atoms with Crippen LogP contribution in [0, 0.1) is 11.3 Å². The van der Waals surface area contributed by atoms with Gasteiger partial charge in [-0.15, -0.1) is 0 Å². The van der Waals surface area contributed by atoms with Crippen LogP contribution >= 0.6 is 0 Å². The number of benzene rings is 1. The summed E-state index contributed by atoms with van der Waals surface area (Å²) in [5.41, 5.74) is -0.251. The van der Waals surface area contributed by atoms with E-state index in [2.05, 4.69) is 0 Å². The molecule has 1 rings (SSSR count). The molecule has 0 aliphatic rings. The van der Waals surface area contributed by atoms with Gasteiger partial charge in [-0.25, -0.2) is 4.79 Å². The van der Waals surface area contributed by atoms with E-state index >= 15 is 0 Å². The van der Waals surface area contributed by atoms with Crippen LogP contribution < -0.4 is 4.74 Å². The Hall–Kier alpha value is -2.10. The van der Waals surface area contributed by atoms with Crippen LogP contribution in [-0.4, -0.2) is 34.5 Å². The van der Waals surface area contributed by atoms with E-state index in [1.54, 1.807) is 0 Å². The van der Waals surface area contributed by atoms with Crippen LogP contribution in [0.15, 0.2) is 18.2 Å². The third-order valence-electron chi connectivity index (χ3n) is 2.24. The fourth-order valence-corrected chi connectivity index (χ4v) is 1.35. The van der Waals surface area contributed by atoms with Gasteiger partial charge < -0.3 is 20.1 Å². The Balaban J connectivity index is 3.24. The fraction of sp³-hybridized carbons (Fsp3) is 0.273. The van der Waals surface area contributed by atoms with E-state index in [0.29, 0.717) is 5.75 Å². The zero-order chi connectivity index (χ0) is 13.0. The average Bonchev–Trinajstić information content (AvgIpc) is 2.35. The number of carboxylic acids is 1. The van der Waals surface area contributed by atoms with Gasteiger partial charge in [-0.3, -0.25) is 0 Å². The van der Waals surface area contributed by atoms with E-state index in [1.807, 2.05) is 0 Å². The molecule has 0 saturated carbocycles. The van der Waals surface area contributed by atoms with Crippen LogP contribution in [0.1, 0.15) is 22.0 Å². The average molecular weight is 237 g/mol. The van der Waals surface area contributed by atoms with Crippen LogP contribution in [0.25, 0.3) is 0 Å². The number of methoxy groups -OCH3 is 1. The van der Waals surface area contributed by atoms with Crippen molar-refractivity contribution in [3.8, 4) is 11.8 Å². The Morgan fingerprint density at radius 1 is 1.47 bits per heavy atom. The number of nitriles is 1. The van der Waals surface area contributed by atoms with E-state index in [4.69, 9.17) is 15.1 Å². The summed E-state index contributed by atoms with van der Waals surface area (Å²) in [5.74, 6) is -0.965. The molecular formula is C11H11NO5. The van der Waals surface area contributed by atoms with Gasteiger partial charge in [-0.2, -0.15) is 5.26 Å². The molecule has 17 heavy (non-hydrogen) atoms. The lowest BCUT2D eigenvalue weighted by molar-refractivity contribution is 0.0498. The normalized spacial score (nSPS) is 13.5. The molecule has 6 heteroatoms. The summed E-state index contributed by atoms with van der Waals surface area (Å²) in [6.07, 6.45) is -3.25. The second-order valence-electron chi connectivity index (χ2n) is 3.28. The van der Waals surface area contributed by atoms with Gasteiger partial charge in [-0.1, -0.05) is 6.07 Å². The predicted octanol–water partition coefficient (Wildman–Crippen LogP) is 0.311. The van der Waals surface area contributed by atoms with Gasteiger partial charge >= 0.3 is 5.97 Å². The summed E-state index contributed by atoms with van der Waals surface area (Å²) in [6, 6.07) is 5.39. The van der Waals surface area contributed by atoms with Gasteiger partial charge in [0.15, 0.2) is 6.10 Å². The lowest BCUT2D eigenvalue weighted by Gasteiger charge is -2.15.